The average Bonchev–Trinajstić information content (AvgIpc) is 2.29. The SMILES string of the molecule is CCCN(C1CNC1)S(=O)(=O)c1cc(C)ccc1C. The lowest BCUT2D eigenvalue weighted by Crippen LogP contribution is -2.58. The summed E-state index contributed by atoms with van der Waals surface area (Å²) in [5.74, 6) is 0. The molecule has 19 heavy (non-hydrogen) atoms. The highest BCUT2D eigenvalue weighted by atomic mass is 32.2. The van der Waals surface area contributed by atoms with Gasteiger partial charge in [0.1, 0.15) is 0 Å². The Morgan fingerprint density at radius 2 is 2.00 bits per heavy atom. The van der Waals surface area contributed by atoms with E-state index >= 15 is 0 Å². The first kappa shape index (κ1) is 14.5. The molecule has 1 heterocycles. The zero-order valence-electron chi connectivity index (χ0n) is 11.8. The summed E-state index contributed by atoms with van der Waals surface area (Å²) in [5.41, 5.74) is 1.80. The molecule has 106 valence electrons. The molecule has 0 amide bonds. The van der Waals surface area contributed by atoms with Crippen LogP contribution in [0.4, 0.5) is 0 Å². The molecular formula is C14H22N2O2S. The molecule has 1 aromatic rings. The summed E-state index contributed by atoms with van der Waals surface area (Å²) in [6.45, 7) is 7.89. The Bertz CT molecular complexity index is 551. The summed E-state index contributed by atoms with van der Waals surface area (Å²) >= 11 is 0. The molecule has 0 atom stereocenters. The van der Waals surface area contributed by atoms with Crippen LogP contribution in [0.3, 0.4) is 0 Å². The first-order chi connectivity index (χ1) is 8.96. The number of sulfonamides is 1. The van der Waals surface area contributed by atoms with Crippen LogP contribution in [0.2, 0.25) is 0 Å². The lowest BCUT2D eigenvalue weighted by atomic mass is 10.2. The second-order valence-electron chi connectivity index (χ2n) is 5.20. The molecule has 5 heteroatoms. The average molecular weight is 282 g/mol. The van der Waals surface area contributed by atoms with Gasteiger partial charge in [0.05, 0.1) is 10.9 Å². The summed E-state index contributed by atoms with van der Waals surface area (Å²) in [7, 11) is -3.38. The van der Waals surface area contributed by atoms with Crippen LogP contribution in [0.1, 0.15) is 24.5 Å². The fourth-order valence-corrected chi connectivity index (χ4v) is 4.33. The van der Waals surface area contributed by atoms with Crippen molar-refractivity contribution in [3.05, 3.63) is 29.3 Å². The van der Waals surface area contributed by atoms with E-state index in [0.29, 0.717) is 11.4 Å². The van der Waals surface area contributed by atoms with Crippen molar-refractivity contribution in [2.75, 3.05) is 19.6 Å². The minimum atomic E-state index is -3.38. The Morgan fingerprint density at radius 1 is 1.32 bits per heavy atom. The smallest absolute Gasteiger partial charge is 0.243 e. The molecule has 1 aliphatic rings. The molecule has 1 aliphatic heterocycles. The molecule has 0 aromatic heterocycles. The van der Waals surface area contributed by atoms with Crippen molar-refractivity contribution in [2.45, 2.75) is 38.1 Å². The molecule has 1 aromatic carbocycles. The lowest BCUT2D eigenvalue weighted by Gasteiger charge is -2.37. The number of hydrogen-bond donors (Lipinski definition) is 1. The first-order valence-electron chi connectivity index (χ1n) is 6.76. The van der Waals surface area contributed by atoms with Crippen LogP contribution >= 0.6 is 0 Å². The van der Waals surface area contributed by atoms with Crippen molar-refractivity contribution in [3.63, 3.8) is 0 Å². The third-order valence-corrected chi connectivity index (χ3v) is 5.64. The molecule has 1 saturated heterocycles. The summed E-state index contributed by atoms with van der Waals surface area (Å²) in [6.07, 6.45) is 0.834. The minimum Gasteiger partial charge on any atom is -0.313 e. The minimum absolute atomic E-state index is 0.102. The fraction of sp³-hybridized carbons (Fsp3) is 0.571. The van der Waals surface area contributed by atoms with E-state index < -0.39 is 10.0 Å². The van der Waals surface area contributed by atoms with E-state index in [9.17, 15) is 8.42 Å². The Hall–Kier alpha value is -0.910. The second-order valence-corrected chi connectivity index (χ2v) is 7.06. The standard InChI is InChI=1S/C14H22N2O2S/c1-4-7-16(13-9-15-10-13)19(17,18)14-8-11(2)5-6-12(14)3/h5-6,8,13,15H,4,7,9-10H2,1-3H3. The van der Waals surface area contributed by atoms with Gasteiger partial charge in [-0.2, -0.15) is 4.31 Å². The van der Waals surface area contributed by atoms with Gasteiger partial charge in [-0.3, -0.25) is 0 Å². The Kier molecular flexibility index (Phi) is 4.28. The van der Waals surface area contributed by atoms with Crippen LogP contribution in [0.25, 0.3) is 0 Å². The maximum absolute atomic E-state index is 12.8. The van der Waals surface area contributed by atoms with E-state index in [0.717, 1.165) is 30.6 Å². The molecule has 0 unspecified atom stereocenters. The van der Waals surface area contributed by atoms with E-state index in [2.05, 4.69) is 5.32 Å². The van der Waals surface area contributed by atoms with Gasteiger partial charge in [-0.05, 0) is 37.5 Å². The van der Waals surface area contributed by atoms with Gasteiger partial charge in [0.25, 0.3) is 0 Å². The molecule has 0 spiro atoms. The zero-order valence-corrected chi connectivity index (χ0v) is 12.6. The van der Waals surface area contributed by atoms with Gasteiger partial charge in [0.15, 0.2) is 0 Å². The number of hydrogen-bond acceptors (Lipinski definition) is 3. The maximum Gasteiger partial charge on any atom is 0.243 e. The molecule has 2 rings (SSSR count). The predicted octanol–water partition coefficient (Wildman–Crippen LogP) is 1.68. The quantitative estimate of drug-likeness (QED) is 0.894. The maximum atomic E-state index is 12.8. The van der Waals surface area contributed by atoms with E-state index in [-0.39, 0.29) is 6.04 Å². The zero-order chi connectivity index (χ0) is 14.0. The molecule has 0 radical (unpaired) electrons. The van der Waals surface area contributed by atoms with Crippen LogP contribution in [-0.4, -0.2) is 38.4 Å². The van der Waals surface area contributed by atoms with Crippen molar-refractivity contribution >= 4 is 10.0 Å². The lowest BCUT2D eigenvalue weighted by molar-refractivity contribution is 0.241. The van der Waals surface area contributed by atoms with Gasteiger partial charge >= 0.3 is 0 Å². The van der Waals surface area contributed by atoms with E-state index in [4.69, 9.17) is 0 Å². The van der Waals surface area contributed by atoms with E-state index in [1.807, 2.05) is 32.9 Å². The van der Waals surface area contributed by atoms with Crippen molar-refractivity contribution in [2.24, 2.45) is 0 Å². The first-order valence-corrected chi connectivity index (χ1v) is 8.20. The van der Waals surface area contributed by atoms with Gasteiger partial charge < -0.3 is 5.32 Å². The van der Waals surface area contributed by atoms with Crippen LogP contribution in [0.5, 0.6) is 0 Å². The van der Waals surface area contributed by atoms with Crippen LogP contribution in [0.15, 0.2) is 23.1 Å². The van der Waals surface area contributed by atoms with Gasteiger partial charge in [-0.1, -0.05) is 19.1 Å². The molecular weight excluding hydrogens is 260 g/mol. The molecule has 0 aliphatic carbocycles. The van der Waals surface area contributed by atoms with Crippen LogP contribution in [0, 0.1) is 13.8 Å². The fourth-order valence-electron chi connectivity index (χ4n) is 2.31. The highest BCUT2D eigenvalue weighted by Gasteiger charge is 2.34. The van der Waals surface area contributed by atoms with Gasteiger partial charge in [-0.15, -0.1) is 0 Å². The third kappa shape index (κ3) is 2.83. The molecule has 1 fully saturated rings. The van der Waals surface area contributed by atoms with E-state index in [1.54, 1.807) is 10.4 Å². The number of aryl methyl sites for hydroxylation is 2. The number of rotatable bonds is 5. The molecule has 0 bridgehead atoms. The van der Waals surface area contributed by atoms with Crippen molar-refractivity contribution in [1.82, 2.24) is 9.62 Å². The molecule has 0 saturated carbocycles. The highest BCUT2D eigenvalue weighted by Crippen LogP contribution is 2.24. The van der Waals surface area contributed by atoms with E-state index in [1.165, 1.54) is 0 Å². The molecule has 4 nitrogen and oxygen atoms in total. The van der Waals surface area contributed by atoms with Crippen molar-refractivity contribution < 1.29 is 8.42 Å². The highest BCUT2D eigenvalue weighted by molar-refractivity contribution is 7.89. The topological polar surface area (TPSA) is 49.4 Å². The van der Waals surface area contributed by atoms with Crippen molar-refractivity contribution in [3.8, 4) is 0 Å². The van der Waals surface area contributed by atoms with Gasteiger partial charge in [0.2, 0.25) is 10.0 Å². The summed E-state index contributed by atoms with van der Waals surface area (Å²) < 4.78 is 27.3. The Balaban J connectivity index is 2.40. The van der Waals surface area contributed by atoms with Gasteiger partial charge in [0, 0.05) is 19.6 Å². The van der Waals surface area contributed by atoms with Crippen LogP contribution in [-0.2, 0) is 10.0 Å². The number of nitrogens with one attached hydrogen (secondary N) is 1. The summed E-state index contributed by atoms with van der Waals surface area (Å²) in [6, 6.07) is 5.71. The van der Waals surface area contributed by atoms with Crippen molar-refractivity contribution in [1.29, 1.82) is 0 Å². The summed E-state index contributed by atoms with van der Waals surface area (Å²) in [4.78, 5) is 0.452. The monoisotopic (exact) mass is 282 g/mol. The largest absolute Gasteiger partial charge is 0.313 e. The summed E-state index contributed by atoms with van der Waals surface area (Å²) in [5, 5.41) is 3.14. The van der Waals surface area contributed by atoms with Crippen LogP contribution < -0.4 is 5.32 Å². The Morgan fingerprint density at radius 3 is 2.53 bits per heavy atom. The predicted molar refractivity (Wildman–Crippen MR) is 76.8 cm³/mol. The third-order valence-electron chi connectivity index (χ3n) is 3.54. The number of benzene rings is 1. The molecule has 1 N–H and O–H groups in total. The number of nitrogens with zero attached hydrogens (tertiary/aromatic N) is 1. The normalized spacial score (nSPS) is 16.6. The Labute approximate surface area is 115 Å². The second kappa shape index (κ2) is 5.61. The van der Waals surface area contributed by atoms with Gasteiger partial charge in [-0.25, -0.2) is 8.42 Å².